The molecular formula is C31H39FN4O7. The molecule has 6 N–H and O–H groups in total. The highest BCUT2D eigenvalue weighted by atomic mass is 19.1. The van der Waals surface area contributed by atoms with Crippen LogP contribution in [0.3, 0.4) is 0 Å². The lowest BCUT2D eigenvalue weighted by molar-refractivity contribution is -0.148. The number of nitrogens with two attached hydrogens (primary N) is 1. The lowest BCUT2D eigenvalue weighted by atomic mass is 9.58. The maximum absolute atomic E-state index is 16.3. The van der Waals surface area contributed by atoms with Crippen LogP contribution < -0.4 is 5.73 Å². The van der Waals surface area contributed by atoms with E-state index < -0.39 is 63.9 Å². The molecule has 1 saturated heterocycles. The molecule has 0 unspecified atom stereocenters. The Morgan fingerprint density at radius 2 is 1.72 bits per heavy atom. The average Bonchev–Trinajstić information content (AvgIpc) is 3.59. The lowest BCUT2D eigenvalue weighted by Gasteiger charge is -2.50. The Morgan fingerprint density at radius 3 is 2.33 bits per heavy atom. The van der Waals surface area contributed by atoms with E-state index >= 15 is 4.39 Å². The molecule has 43 heavy (non-hydrogen) atoms. The zero-order valence-electron chi connectivity index (χ0n) is 24.9. The normalized spacial score (nSPS) is 29.7. The number of phenols is 1. The molecule has 1 aromatic rings. The molecule has 0 spiro atoms. The highest BCUT2D eigenvalue weighted by molar-refractivity contribution is 6.24. The van der Waals surface area contributed by atoms with Crippen molar-refractivity contribution in [3.8, 4) is 5.75 Å². The maximum Gasteiger partial charge on any atom is 0.255 e. The van der Waals surface area contributed by atoms with E-state index in [2.05, 4.69) is 23.6 Å². The fourth-order valence-electron chi connectivity index (χ4n) is 8.24. The summed E-state index contributed by atoms with van der Waals surface area (Å²) in [6.07, 6.45) is 2.12. The molecule has 0 saturated carbocycles. The molecule has 232 valence electrons. The van der Waals surface area contributed by atoms with Gasteiger partial charge < -0.3 is 31.1 Å². The highest BCUT2D eigenvalue weighted by Gasteiger charge is 2.63. The minimum absolute atomic E-state index is 0.0357. The van der Waals surface area contributed by atoms with E-state index in [1.54, 1.807) is 14.1 Å². The van der Waals surface area contributed by atoms with Crippen LogP contribution in [0.2, 0.25) is 0 Å². The number of halogens is 1. The number of aromatic hydroxyl groups is 1. The summed E-state index contributed by atoms with van der Waals surface area (Å²) >= 11 is 0. The molecule has 2 aliphatic heterocycles. The van der Waals surface area contributed by atoms with E-state index in [0.29, 0.717) is 11.1 Å². The molecule has 5 aliphatic rings. The van der Waals surface area contributed by atoms with Crippen LogP contribution in [0.4, 0.5) is 4.39 Å². The van der Waals surface area contributed by atoms with Crippen LogP contribution in [0.1, 0.15) is 60.2 Å². The predicted octanol–water partition coefficient (Wildman–Crippen LogP) is 1.45. The number of allylic oxidation sites excluding steroid dienone is 1. The number of fused-ring (bicyclic) bond motifs is 4. The van der Waals surface area contributed by atoms with Gasteiger partial charge in [-0.3, -0.25) is 24.2 Å². The summed E-state index contributed by atoms with van der Waals surface area (Å²) < 4.78 is 16.3. The molecule has 4 atom stereocenters. The molecule has 2 heterocycles. The van der Waals surface area contributed by atoms with Crippen LogP contribution in [0.15, 0.2) is 22.7 Å². The molecule has 12 heteroatoms. The zero-order chi connectivity index (χ0) is 31.3. The van der Waals surface area contributed by atoms with Crippen LogP contribution in [0, 0.1) is 17.7 Å². The molecule has 0 aromatic heterocycles. The molecule has 1 amide bonds. The van der Waals surface area contributed by atoms with Gasteiger partial charge in [-0.2, -0.15) is 0 Å². The number of hydrogen-bond acceptors (Lipinski definition) is 10. The number of likely N-dealkylation sites (N-methyl/N-ethyl adjacent to an activating group) is 1. The first-order valence-electron chi connectivity index (χ1n) is 14.8. The van der Waals surface area contributed by atoms with Crippen molar-refractivity contribution in [2.24, 2.45) is 17.6 Å². The Kier molecular flexibility index (Phi) is 6.81. The number of hydrogen-bond donors (Lipinski definition) is 5. The van der Waals surface area contributed by atoms with Gasteiger partial charge in [-0.1, -0.05) is 0 Å². The number of ketones is 2. The highest BCUT2D eigenvalue weighted by Crippen LogP contribution is 2.53. The first kappa shape index (κ1) is 29.7. The van der Waals surface area contributed by atoms with Crippen LogP contribution in [0.5, 0.6) is 5.75 Å². The van der Waals surface area contributed by atoms with Crippen molar-refractivity contribution in [3.63, 3.8) is 0 Å². The number of primary amides is 1. The van der Waals surface area contributed by atoms with Crippen molar-refractivity contribution in [2.75, 3.05) is 33.7 Å². The number of rotatable bonds is 5. The van der Waals surface area contributed by atoms with Gasteiger partial charge >= 0.3 is 0 Å². The summed E-state index contributed by atoms with van der Waals surface area (Å²) in [6.45, 7) is 7.45. The van der Waals surface area contributed by atoms with Gasteiger partial charge in [0.2, 0.25) is 5.78 Å². The van der Waals surface area contributed by atoms with E-state index in [-0.39, 0.29) is 53.9 Å². The van der Waals surface area contributed by atoms with Crippen molar-refractivity contribution < 1.29 is 39.2 Å². The third-order valence-electron chi connectivity index (χ3n) is 10.4. The van der Waals surface area contributed by atoms with Gasteiger partial charge in [-0.05, 0) is 72.6 Å². The number of nitrogens with zero attached hydrogens (tertiary/aromatic N) is 3. The van der Waals surface area contributed by atoms with E-state index in [4.69, 9.17) is 5.73 Å². The van der Waals surface area contributed by atoms with Gasteiger partial charge in [0, 0.05) is 53.4 Å². The summed E-state index contributed by atoms with van der Waals surface area (Å²) in [6, 6.07) is -1.10. The smallest absolute Gasteiger partial charge is 0.255 e. The van der Waals surface area contributed by atoms with E-state index in [9.17, 15) is 34.8 Å². The van der Waals surface area contributed by atoms with E-state index in [1.807, 2.05) is 0 Å². The van der Waals surface area contributed by atoms with Gasteiger partial charge in [0.05, 0.1) is 11.6 Å². The van der Waals surface area contributed by atoms with Crippen molar-refractivity contribution in [2.45, 2.75) is 69.8 Å². The summed E-state index contributed by atoms with van der Waals surface area (Å²) in [5.74, 6) is -7.97. The molecule has 1 aromatic carbocycles. The van der Waals surface area contributed by atoms with Gasteiger partial charge in [0.25, 0.3) is 5.91 Å². The zero-order valence-corrected chi connectivity index (χ0v) is 24.9. The third kappa shape index (κ3) is 4.10. The molecule has 1 fully saturated rings. The number of likely N-dealkylation sites (tertiary alicyclic amines) is 1. The molecule has 6 rings (SSSR count). The second kappa shape index (κ2) is 9.85. The van der Waals surface area contributed by atoms with Crippen LogP contribution in [-0.4, -0.2) is 104 Å². The summed E-state index contributed by atoms with van der Waals surface area (Å²) in [5.41, 5.74) is 1.57. The Labute approximate surface area is 249 Å². The van der Waals surface area contributed by atoms with Crippen LogP contribution in [-0.2, 0) is 29.1 Å². The Hall–Kier alpha value is -3.32. The molecule has 11 nitrogen and oxygen atoms in total. The van der Waals surface area contributed by atoms with Gasteiger partial charge in [0.15, 0.2) is 11.4 Å². The summed E-state index contributed by atoms with van der Waals surface area (Å²) in [5, 5.41) is 45.6. The van der Waals surface area contributed by atoms with E-state index in [0.717, 1.165) is 32.5 Å². The molecule has 0 radical (unpaired) electrons. The summed E-state index contributed by atoms with van der Waals surface area (Å²) in [7, 11) is 3.12. The predicted molar refractivity (Wildman–Crippen MR) is 153 cm³/mol. The minimum Gasteiger partial charge on any atom is -0.510 e. The second-order valence-corrected chi connectivity index (χ2v) is 13.6. The lowest BCUT2D eigenvalue weighted by Crippen LogP contribution is -2.63. The van der Waals surface area contributed by atoms with Crippen molar-refractivity contribution in [1.29, 1.82) is 0 Å². The van der Waals surface area contributed by atoms with Gasteiger partial charge in [-0.25, -0.2) is 4.39 Å². The number of phenolic OH excluding ortho intramolecular Hbond substituents is 1. The summed E-state index contributed by atoms with van der Waals surface area (Å²) in [4.78, 5) is 45.6. The fourth-order valence-corrected chi connectivity index (χ4v) is 8.24. The number of carbonyl (C=O) groups excluding carboxylic acids is 3. The van der Waals surface area contributed by atoms with Gasteiger partial charge in [0.1, 0.15) is 28.7 Å². The first-order valence-corrected chi connectivity index (χ1v) is 14.8. The average molecular weight is 599 g/mol. The number of benzene rings is 1. The SMILES string of the molecule is CN(C)[C@@H]1C(O)=C(C(N)=O)C(=O)[C@@]2(O)C(O)=C3C(=O)c4c(O)c5c(c(F)c4C[C@H]3C[C@@H]12)CN(C(C)(C)CN1CCCC1)C5. The number of carbonyl (C=O) groups is 3. The topological polar surface area (TPSA) is 168 Å². The maximum atomic E-state index is 16.3. The van der Waals surface area contributed by atoms with Crippen LogP contribution in [0.25, 0.3) is 0 Å². The fraction of sp³-hybridized carbons (Fsp3) is 0.581. The number of aliphatic hydroxyl groups is 3. The second-order valence-electron chi connectivity index (χ2n) is 13.6. The minimum atomic E-state index is -2.73. The Morgan fingerprint density at radius 1 is 1.09 bits per heavy atom. The quantitative estimate of drug-likeness (QED) is 0.313. The van der Waals surface area contributed by atoms with Crippen molar-refractivity contribution in [3.05, 3.63) is 50.7 Å². The number of Topliss-reactive ketones (excluding diaryl/α,β-unsaturated/α-hetero) is 2. The Balaban J connectivity index is 1.42. The Bertz CT molecular complexity index is 1530. The monoisotopic (exact) mass is 598 g/mol. The molecule has 3 aliphatic carbocycles. The third-order valence-corrected chi connectivity index (χ3v) is 10.4. The van der Waals surface area contributed by atoms with Crippen LogP contribution >= 0.6 is 0 Å². The van der Waals surface area contributed by atoms with Crippen molar-refractivity contribution >= 4 is 17.5 Å². The number of aliphatic hydroxyl groups excluding tert-OH is 2. The molecular weight excluding hydrogens is 559 g/mol. The van der Waals surface area contributed by atoms with Gasteiger partial charge in [-0.15, -0.1) is 0 Å². The van der Waals surface area contributed by atoms with Crippen molar-refractivity contribution in [1.82, 2.24) is 14.7 Å². The first-order chi connectivity index (χ1) is 20.1. The van der Waals surface area contributed by atoms with E-state index in [1.165, 1.54) is 4.90 Å². The largest absolute Gasteiger partial charge is 0.510 e. The number of amides is 1. The molecule has 0 bridgehead atoms. The standard InChI is InChI=1S/C31H39FN4O7/c1-30(2,13-35-7-5-6-8-35)36-11-16-17(12-36)24(37)20-15(22(16)32)9-14-10-18-23(34(3)4)26(39)21(29(33)42)28(41)31(18,43)27(40)19(14)25(20)38/h14,18,23,37,39-40,43H,5-13H2,1-4H3,(H2,33,42)/t14-,18-,23-,31-/m0/s1.